The Bertz CT molecular complexity index is 543. The SMILES string of the molecule is Cc1cc(C)c(C(C)N[C@@H](C)c2ccco2)cc1C. The molecular formula is C17H23NO. The van der Waals surface area contributed by atoms with E-state index in [2.05, 4.69) is 52.1 Å². The molecule has 0 bridgehead atoms. The first-order valence-corrected chi connectivity index (χ1v) is 6.86. The minimum Gasteiger partial charge on any atom is -0.468 e. The number of aryl methyl sites for hydroxylation is 3. The fourth-order valence-corrected chi connectivity index (χ4v) is 2.53. The standard InChI is InChI=1S/C17H23NO/c1-11-9-13(3)16(10-12(11)2)14(4)18-15(5)17-7-6-8-19-17/h6-10,14-15,18H,1-5H3/t14?,15-/m0/s1. The fourth-order valence-electron chi connectivity index (χ4n) is 2.53. The normalized spacial score (nSPS) is 14.4. The molecule has 2 atom stereocenters. The van der Waals surface area contributed by atoms with E-state index in [9.17, 15) is 0 Å². The third-order valence-corrected chi connectivity index (χ3v) is 3.82. The maximum atomic E-state index is 5.44. The van der Waals surface area contributed by atoms with Gasteiger partial charge in [-0.1, -0.05) is 12.1 Å². The molecule has 2 rings (SSSR count). The molecule has 0 radical (unpaired) electrons. The minimum absolute atomic E-state index is 0.214. The average molecular weight is 257 g/mol. The second-order valence-corrected chi connectivity index (χ2v) is 5.42. The van der Waals surface area contributed by atoms with E-state index in [0.29, 0.717) is 6.04 Å². The molecule has 0 amide bonds. The van der Waals surface area contributed by atoms with E-state index >= 15 is 0 Å². The smallest absolute Gasteiger partial charge is 0.120 e. The molecule has 0 aliphatic heterocycles. The Morgan fingerprint density at radius 2 is 1.63 bits per heavy atom. The van der Waals surface area contributed by atoms with E-state index in [1.165, 1.54) is 22.3 Å². The van der Waals surface area contributed by atoms with Crippen LogP contribution in [0, 0.1) is 20.8 Å². The van der Waals surface area contributed by atoms with Gasteiger partial charge in [0, 0.05) is 6.04 Å². The highest BCUT2D eigenvalue weighted by Crippen LogP contribution is 2.24. The van der Waals surface area contributed by atoms with Gasteiger partial charge in [0.15, 0.2) is 0 Å². The van der Waals surface area contributed by atoms with Gasteiger partial charge >= 0.3 is 0 Å². The molecule has 0 fully saturated rings. The molecule has 2 heteroatoms. The third-order valence-electron chi connectivity index (χ3n) is 3.82. The van der Waals surface area contributed by atoms with Crippen molar-refractivity contribution < 1.29 is 4.42 Å². The lowest BCUT2D eigenvalue weighted by Gasteiger charge is -2.21. The second-order valence-electron chi connectivity index (χ2n) is 5.42. The molecule has 1 unspecified atom stereocenters. The van der Waals surface area contributed by atoms with Gasteiger partial charge in [-0.15, -0.1) is 0 Å². The van der Waals surface area contributed by atoms with E-state index < -0.39 is 0 Å². The van der Waals surface area contributed by atoms with Gasteiger partial charge in [-0.2, -0.15) is 0 Å². The summed E-state index contributed by atoms with van der Waals surface area (Å²) in [6, 6.07) is 9.01. The Hall–Kier alpha value is -1.54. The van der Waals surface area contributed by atoms with Crippen molar-refractivity contribution >= 4 is 0 Å². The molecule has 0 aliphatic rings. The molecule has 102 valence electrons. The van der Waals surface area contributed by atoms with E-state index in [1.807, 2.05) is 12.1 Å². The van der Waals surface area contributed by atoms with Gasteiger partial charge in [-0.25, -0.2) is 0 Å². The summed E-state index contributed by atoms with van der Waals surface area (Å²) in [7, 11) is 0. The van der Waals surface area contributed by atoms with Crippen molar-refractivity contribution in [3.63, 3.8) is 0 Å². The highest BCUT2D eigenvalue weighted by molar-refractivity contribution is 5.38. The van der Waals surface area contributed by atoms with Crippen LogP contribution in [0.2, 0.25) is 0 Å². The van der Waals surface area contributed by atoms with Crippen molar-refractivity contribution in [2.45, 2.75) is 46.7 Å². The van der Waals surface area contributed by atoms with Crippen molar-refractivity contribution in [1.29, 1.82) is 0 Å². The zero-order valence-electron chi connectivity index (χ0n) is 12.4. The lowest BCUT2D eigenvalue weighted by molar-refractivity contribution is 0.402. The predicted molar refractivity (Wildman–Crippen MR) is 79.3 cm³/mol. The summed E-state index contributed by atoms with van der Waals surface area (Å²) in [6.07, 6.45) is 1.72. The van der Waals surface area contributed by atoms with E-state index in [1.54, 1.807) is 6.26 Å². The average Bonchev–Trinajstić information content (AvgIpc) is 2.87. The third kappa shape index (κ3) is 3.07. The first kappa shape index (κ1) is 13.9. The minimum atomic E-state index is 0.214. The Morgan fingerprint density at radius 3 is 2.26 bits per heavy atom. The van der Waals surface area contributed by atoms with Crippen LogP contribution in [0.5, 0.6) is 0 Å². The van der Waals surface area contributed by atoms with Gasteiger partial charge in [0.05, 0.1) is 12.3 Å². The molecule has 1 aromatic heterocycles. The lowest BCUT2D eigenvalue weighted by Crippen LogP contribution is -2.23. The van der Waals surface area contributed by atoms with E-state index in [4.69, 9.17) is 4.42 Å². The molecule has 1 heterocycles. The van der Waals surface area contributed by atoms with Crippen molar-refractivity contribution in [1.82, 2.24) is 5.32 Å². The van der Waals surface area contributed by atoms with Gasteiger partial charge in [-0.3, -0.25) is 0 Å². The number of rotatable bonds is 4. The summed E-state index contributed by atoms with van der Waals surface area (Å²) in [5.74, 6) is 0.980. The quantitative estimate of drug-likeness (QED) is 0.864. The van der Waals surface area contributed by atoms with Gasteiger partial charge in [0.25, 0.3) is 0 Å². The van der Waals surface area contributed by atoms with Crippen LogP contribution >= 0.6 is 0 Å². The number of benzene rings is 1. The maximum absolute atomic E-state index is 5.44. The van der Waals surface area contributed by atoms with Gasteiger partial charge < -0.3 is 9.73 Å². The van der Waals surface area contributed by atoms with Crippen molar-refractivity contribution in [2.75, 3.05) is 0 Å². The Balaban J connectivity index is 2.16. The second kappa shape index (κ2) is 5.62. The van der Waals surface area contributed by atoms with Crippen LogP contribution in [-0.4, -0.2) is 0 Å². The summed E-state index contributed by atoms with van der Waals surface area (Å²) in [5.41, 5.74) is 5.41. The molecule has 1 N–H and O–H groups in total. The van der Waals surface area contributed by atoms with Crippen LogP contribution in [0.4, 0.5) is 0 Å². The number of hydrogen-bond donors (Lipinski definition) is 1. The summed E-state index contributed by atoms with van der Waals surface area (Å²) in [6.45, 7) is 10.8. The molecule has 2 aromatic rings. The topological polar surface area (TPSA) is 25.2 Å². The van der Waals surface area contributed by atoms with Gasteiger partial charge in [-0.05, 0) is 69.0 Å². The Labute approximate surface area is 115 Å². The number of furan rings is 1. The van der Waals surface area contributed by atoms with E-state index in [-0.39, 0.29) is 6.04 Å². The predicted octanol–water partition coefficient (Wildman–Crippen LogP) is 4.62. The molecule has 0 saturated heterocycles. The summed E-state index contributed by atoms with van der Waals surface area (Å²) < 4.78 is 5.44. The van der Waals surface area contributed by atoms with Crippen molar-refractivity contribution in [3.05, 3.63) is 58.5 Å². The number of nitrogens with one attached hydrogen (secondary N) is 1. The molecule has 1 aromatic carbocycles. The fraction of sp³-hybridized carbons (Fsp3) is 0.412. The van der Waals surface area contributed by atoms with Crippen LogP contribution in [0.15, 0.2) is 34.9 Å². The van der Waals surface area contributed by atoms with Crippen molar-refractivity contribution in [3.8, 4) is 0 Å². The zero-order valence-corrected chi connectivity index (χ0v) is 12.4. The largest absolute Gasteiger partial charge is 0.468 e. The van der Waals surface area contributed by atoms with Crippen LogP contribution in [0.3, 0.4) is 0 Å². The molecule has 2 nitrogen and oxygen atoms in total. The van der Waals surface area contributed by atoms with Crippen LogP contribution < -0.4 is 5.32 Å². The first-order chi connectivity index (χ1) is 8.99. The Morgan fingerprint density at radius 1 is 0.947 bits per heavy atom. The van der Waals surface area contributed by atoms with Crippen LogP contribution in [0.1, 0.15) is 53.9 Å². The van der Waals surface area contributed by atoms with Crippen molar-refractivity contribution in [2.24, 2.45) is 0 Å². The summed E-state index contributed by atoms with van der Waals surface area (Å²) in [5, 5.41) is 3.59. The zero-order chi connectivity index (χ0) is 14.0. The Kier molecular flexibility index (Phi) is 4.11. The maximum Gasteiger partial charge on any atom is 0.120 e. The highest BCUT2D eigenvalue weighted by Gasteiger charge is 2.15. The van der Waals surface area contributed by atoms with Gasteiger partial charge in [0.1, 0.15) is 5.76 Å². The summed E-state index contributed by atoms with van der Waals surface area (Å²) >= 11 is 0. The number of hydrogen-bond acceptors (Lipinski definition) is 2. The molecule has 0 aliphatic carbocycles. The van der Waals surface area contributed by atoms with Crippen LogP contribution in [-0.2, 0) is 0 Å². The first-order valence-electron chi connectivity index (χ1n) is 6.86. The molecule has 0 spiro atoms. The van der Waals surface area contributed by atoms with E-state index in [0.717, 1.165) is 5.76 Å². The molecular weight excluding hydrogens is 234 g/mol. The lowest BCUT2D eigenvalue weighted by atomic mass is 9.96. The highest BCUT2D eigenvalue weighted by atomic mass is 16.3. The van der Waals surface area contributed by atoms with Gasteiger partial charge in [0.2, 0.25) is 0 Å². The monoisotopic (exact) mass is 257 g/mol. The van der Waals surface area contributed by atoms with Crippen LogP contribution in [0.25, 0.3) is 0 Å². The summed E-state index contributed by atoms with van der Waals surface area (Å²) in [4.78, 5) is 0. The molecule has 19 heavy (non-hydrogen) atoms. The molecule has 0 saturated carbocycles.